The first-order valence-electron chi connectivity index (χ1n) is 6.02. The number of halogens is 1. The molecule has 2 aromatic rings. The predicted molar refractivity (Wildman–Crippen MR) is 82.0 cm³/mol. The standard InChI is InChI=1S/C15H17BrOS/c1-10(2)17-13-6-4-12(5-7-13)14(16)15-11(3)8-9-18-15/h4-10,14H,1-3H3. The van der Waals surface area contributed by atoms with Crippen molar-refractivity contribution in [2.45, 2.75) is 31.7 Å². The van der Waals surface area contributed by atoms with Gasteiger partial charge in [0.15, 0.2) is 0 Å². The zero-order valence-corrected chi connectivity index (χ0v) is 13.2. The van der Waals surface area contributed by atoms with Crippen molar-refractivity contribution in [3.63, 3.8) is 0 Å². The van der Waals surface area contributed by atoms with Gasteiger partial charge in [0.25, 0.3) is 0 Å². The molecule has 0 radical (unpaired) electrons. The Kier molecular flexibility index (Phi) is 4.46. The van der Waals surface area contributed by atoms with Gasteiger partial charge in [-0.3, -0.25) is 0 Å². The molecule has 0 fully saturated rings. The summed E-state index contributed by atoms with van der Waals surface area (Å²) in [6, 6.07) is 10.5. The van der Waals surface area contributed by atoms with Crippen molar-refractivity contribution in [1.29, 1.82) is 0 Å². The highest BCUT2D eigenvalue weighted by Gasteiger charge is 2.14. The molecule has 1 unspecified atom stereocenters. The molecule has 2 rings (SSSR count). The van der Waals surface area contributed by atoms with Gasteiger partial charge in [0.1, 0.15) is 5.75 Å². The number of ether oxygens (including phenoxy) is 1. The molecule has 1 aromatic carbocycles. The molecule has 3 heteroatoms. The van der Waals surface area contributed by atoms with E-state index in [1.807, 2.05) is 26.0 Å². The third kappa shape index (κ3) is 3.15. The zero-order chi connectivity index (χ0) is 13.1. The highest BCUT2D eigenvalue weighted by Crippen LogP contribution is 2.36. The maximum Gasteiger partial charge on any atom is 0.119 e. The van der Waals surface area contributed by atoms with Crippen LogP contribution in [0.1, 0.15) is 34.7 Å². The van der Waals surface area contributed by atoms with Gasteiger partial charge >= 0.3 is 0 Å². The molecular formula is C15H17BrOS. The number of rotatable bonds is 4. The molecule has 96 valence electrons. The Hall–Kier alpha value is -0.800. The van der Waals surface area contributed by atoms with Gasteiger partial charge < -0.3 is 4.74 Å². The summed E-state index contributed by atoms with van der Waals surface area (Å²) >= 11 is 5.56. The summed E-state index contributed by atoms with van der Waals surface area (Å²) in [6.07, 6.45) is 0.218. The second kappa shape index (κ2) is 5.89. The van der Waals surface area contributed by atoms with Crippen LogP contribution < -0.4 is 4.74 Å². The van der Waals surface area contributed by atoms with E-state index in [1.54, 1.807) is 11.3 Å². The van der Waals surface area contributed by atoms with Crippen molar-refractivity contribution < 1.29 is 4.74 Å². The Bertz CT molecular complexity index is 501. The van der Waals surface area contributed by atoms with E-state index in [-0.39, 0.29) is 10.9 Å². The largest absolute Gasteiger partial charge is 0.491 e. The van der Waals surface area contributed by atoms with E-state index >= 15 is 0 Å². The molecular weight excluding hydrogens is 308 g/mol. The van der Waals surface area contributed by atoms with Crippen LogP contribution in [-0.2, 0) is 0 Å². The predicted octanol–water partition coefficient (Wildman–Crippen LogP) is 5.33. The minimum absolute atomic E-state index is 0.218. The lowest BCUT2D eigenvalue weighted by Gasteiger charge is -2.13. The molecule has 0 aliphatic heterocycles. The van der Waals surface area contributed by atoms with Crippen LogP contribution >= 0.6 is 27.3 Å². The summed E-state index contributed by atoms with van der Waals surface area (Å²) < 4.78 is 5.65. The van der Waals surface area contributed by atoms with E-state index in [4.69, 9.17) is 4.74 Å². The average Bonchev–Trinajstić information content (AvgIpc) is 2.75. The molecule has 0 aliphatic carbocycles. The van der Waals surface area contributed by atoms with Crippen LogP contribution in [0.5, 0.6) is 5.75 Å². The number of aryl methyl sites for hydroxylation is 1. The zero-order valence-electron chi connectivity index (χ0n) is 10.8. The fraction of sp³-hybridized carbons (Fsp3) is 0.333. The second-order valence-corrected chi connectivity index (χ2v) is 6.43. The van der Waals surface area contributed by atoms with Gasteiger partial charge in [0.05, 0.1) is 10.9 Å². The molecule has 0 amide bonds. The van der Waals surface area contributed by atoms with E-state index in [0.717, 1.165) is 5.75 Å². The van der Waals surface area contributed by atoms with Crippen LogP contribution in [0, 0.1) is 6.92 Å². The monoisotopic (exact) mass is 324 g/mol. The molecule has 18 heavy (non-hydrogen) atoms. The van der Waals surface area contributed by atoms with E-state index in [2.05, 4.69) is 46.4 Å². The molecule has 1 atom stereocenters. The van der Waals surface area contributed by atoms with Crippen molar-refractivity contribution in [3.05, 3.63) is 51.7 Å². The highest BCUT2D eigenvalue weighted by molar-refractivity contribution is 9.09. The number of alkyl halides is 1. The van der Waals surface area contributed by atoms with E-state index in [1.165, 1.54) is 16.0 Å². The maximum atomic E-state index is 5.65. The second-order valence-electron chi connectivity index (χ2n) is 4.57. The lowest BCUT2D eigenvalue weighted by Crippen LogP contribution is -2.05. The van der Waals surface area contributed by atoms with Crippen LogP contribution in [0.3, 0.4) is 0 Å². The van der Waals surface area contributed by atoms with Crippen LogP contribution in [0.15, 0.2) is 35.7 Å². The molecule has 0 aliphatic rings. The van der Waals surface area contributed by atoms with E-state index in [9.17, 15) is 0 Å². The normalized spacial score (nSPS) is 12.7. The van der Waals surface area contributed by atoms with Crippen LogP contribution in [0.25, 0.3) is 0 Å². The number of hydrogen-bond acceptors (Lipinski definition) is 2. The molecule has 1 nitrogen and oxygen atoms in total. The molecule has 0 N–H and O–H groups in total. The van der Waals surface area contributed by atoms with Gasteiger partial charge in [-0.25, -0.2) is 0 Å². The Labute approximate surface area is 121 Å². The van der Waals surface area contributed by atoms with Gasteiger partial charge in [-0.15, -0.1) is 11.3 Å². The average molecular weight is 325 g/mol. The minimum Gasteiger partial charge on any atom is -0.491 e. The van der Waals surface area contributed by atoms with Crippen molar-refractivity contribution in [3.8, 4) is 5.75 Å². The molecule has 1 aromatic heterocycles. The lowest BCUT2D eigenvalue weighted by atomic mass is 10.1. The maximum absolute atomic E-state index is 5.65. The summed E-state index contributed by atoms with van der Waals surface area (Å²) in [5.41, 5.74) is 2.60. The van der Waals surface area contributed by atoms with E-state index < -0.39 is 0 Å². The summed E-state index contributed by atoms with van der Waals surface area (Å²) in [7, 11) is 0. The molecule has 0 saturated heterocycles. The fourth-order valence-corrected chi connectivity index (χ4v) is 3.70. The van der Waals surface area contributed by atoms with Crippen LogP contribution in [0.4, 0.5) is 0 Å². The summed E-state index contributed by atoms with van der Waals surface area (Å²) in [6.45, 7) is 6.22. The van der Waals surface area contributed by atoms with Gasteiger partial charge in [-0.05, 0) is 55.5 Å². The van der Waals surface area contributed by atoms with Crippen LogP contribution in [0.2, 0.25) is 0 Å². The summed E-state index contributed by atoms with van der Waals surface area (Å²) in [5, 5.41) is 2.13. The summed E-state index contributed by atoms with van der Waals surface area (Å²) in [5.74, 6) is 0.927. The molecule has 1 heterocycles. The molecule has 0 spiro atoms. The van der Waals surface area contributed by atoms with Crippen LogP contribution in [-0.4, -0.2) is 6.10 Å². The van der Waals surface area contributed by atoms with Crippen molar-refractivity contribution >= 4 is 27.3 Å². The van der Waals surface area contributed by atoms with Gasteiger partial charge in [0.2, 0.25) is 0 Å². The Morgan fingerprint density at radius 2 is 1.78 bits per heavy atom. The number of hydrogen-bond donors (Lipinski definition) is 0. The first-order chi connectivity index (χ1) is 8.58. The van der Waals surface area contributed by atoms with Gasteiger partial charge in [-0.1, -0.05) is 28.1 Å². The van der Waals surface area contributed by atoms with E-state index in [0.29, 0.717) is 0 Å². The Morgan fingerprint density at radius 1 is 1.11 bits per heavy atom. The first kappa shape index (κ1) is 13.6. The Balaban J connectivity index is 2.17. The lowest BCUT2D eigenvalue weighted by molar-refractivity contribution is 0.242. The minimum atomic E-state index is 0.218. The molecule has 0 saturated carbocycles. The molecule has 0 bridgehead atoms. The Morgan fingerprint density at radius 3 is 2.28 bits per heavy atom. The van der Waals surface area contributed by atoms with Gasteiger partial charge in [0, 0.05) is 4.88 Å². The quantitative estimate of drug-likeness (QED) is 0.691. The summed E-state index contributed by atoms with van der Waals surface area (Å²) in [4.78, 5) is 1.64. The third-order valence-corrected chi connectivity index (χ3v) is 5.05. The fourth-order valence-electron chi connectivity index (χ4n) is 1.78. The van der Waals surface area contributed by atoms with Crippen molar-refractivity contribution in [2.24, 2.45) is 0 Å². The first-order valence-corrected chi connectivity index (χ1v) is 7.82. The number of benzene rings is 1. The van der Waals surface area contributed by atoms with Crippen molar-refractivity contribution in [1.82, 2.24) is 0 Å². The van der Waals surface area contributed by atoms with Gasteiger partial charge in [-0.2, -0.15) is 0 Å². The number of thiophene rings is 1. The highest BCUT2D eigenvalue weighted by atomic mass is 79.9. The third-order valence-electron chi connectivity index (χ3n) is 2.68. The smallest absolute Gasteiger partial charge is 0.119 e. The van der Waals surface area contributed by atoms with Crippen molar-refractivity contribution in [2.75, 3.05) is 0 Å². The topological polar surface area (TPSA) is 9.23 Å². The SMILES string of the molecule is Cc1ccsc1C(Br)c1ccc(OC(C)C)cc1.